The number of fused-ring (bicyclic) bond motifs is 1. The zero-order valence-corrected chi connectivity index (χ0v) is 11.4. The summed E-state index contributed by atoms with van der Waals surface area (Å²) in [7, 11) is 0. The molecular weight excluding hydrogens is 256 g/mol. The fourth-order valence-electron chi connectivity index (χ4n) is 2.50. The third-order valence-corrected chi connectivity index (χ3v) is 3.77. The predicted octanol–water partition coefficient (Wildman–Crippen LogP) is -2.44. The Hall–Kier alpha value is -1.70. The van der Waals surface area contributed by atoms with E-state index < -0.39 is 5.66 Å². The molecule has 0 aromatic carbocycles. The van der Waals surface area contributed by atoms with Crippen molar-refractivity contribution in [2.24, 2.45) is 5.73 Å². The van der Waals surface area contributed by atoms with E-state index in [4.69, 9.17) is 16.2 Å². The van der Waals surface area contributed by atoms with Gasteiger partial charge in [0.1, 0.15) is 17.8 Å². The molecule has 1 aromatic rings. The molecule has 0 spiro atoms. The minimum Gasteiger partial charge on any atom is -0.383 e. The van der Waals surface area contributed by atoms with Crippen LogP contribution in [0.5, 0.6) is 0 Å². The van der Waals surface area contributed by atoms with Crippen molar-refractivity contribution in [1.82, 2.24) is 20.2 Å². The quantitative estimate of drug-likeness (QED) is 0.563. The molecule has 108 valence electrons. The summed E-state index contributed by atoms with van der Waals surface area (Å²) in [6, 6.07) is 0. The topological polar surface area (TPSA) is 102 Å². The van der Waals surface area contributed by atoms with E-state index in [0.717, 1.165) is 49.8 Å². The second-order valence-electron chi connectivity index (χ2n) is 5.24. The lowest BCUT2D eigenvalue weighted by atomic mass is 10.0. The SMILES string of the molecule is Nc1ncnc2c1=CC(N)(CCN1CCOCC1)NC=2. The molecule has 7 heteroatoms. The largest absolute Gasteiger partial charge is 0.383 e. The summed E-state index contributed by atoms with van der Waals surface area (Å²) in [5.41, 5.74) is 11.7. The molecule has 0 bridgehead atoms. The van der Waals surface area contributed by atoms with Crippen molar-refractivity contribution in [3.05, 3.63) is 16.9 Å². The summed E-state index contributed by atoms with van der Waals surface area (Å²) < 4.78 is 5.34. The van der Waals surface area contributed by atoms with Crippen LogP contribution in [0.15, 0.2) is 6.33 Å². The highest BCUT2D eigenvalue weighted by molar-refractivity contribution is 5.50. The van der Waals surface area contributed by atoms with Crippen molar-refractivity contribution in [3.8, 4) is 0 Å². The van der Waals surface area contributed by atoms with E-state index in [1.54, 1.807) is 0 Å². The van der Waals surface area contributed by atoms with Crippen LogP contribution in [-0.4, -0.2) is 53.4 Å². The van der Waals surface area contributed by atoms with Gasteiger partial charge in [0, 0.05) is 37.5 Å². The van der Waals surface area contributed by atoms with E-state index in [1.807, 2.05) is 12.3 Å². The molecule has 20 heavy (non-hydrogen) atoms. The van der Waals surface area contributed by atoms with Gasteiger partial charge in [-0.15, -0.1) is 0 Å². The smallest absolute Gasteiger partial charge is 0.134 e. The lowest BCUT2D eigenvalue weighted by molar-refractivity contribution is 0.0354. The summed E-state index contributed by atoms with van der Waals surface area (Å²) in [6.45, 7) is 4.43. The van der Waals surface area contributed by atoms with Gasteiger partial charge in [-0.25, -0.2) is 9.97 Å². The minimum absolute atomic E-state index is 0.467. The first-order chi connectivity index (χ1) is 9.66. The van der Waals surface area contributed by atoms with Gasteiger partial charge in [-0.05, 0) is 6.08 Å². The molecule has 0 aliphatic carbocycles. The lowest BCUT2D eigenvalue weighted by Crippen LogP contribution is -2.57. The van der Waals surface area contributed by atoms with Crippen molar-refractivity contribution in [2.75, 3.05) is 38.6 Å². The van der Waals surface area contributed by atoms with Gasteiger partial charge in [0.25, 0.3) is 0 Å². The van der Waals surface area contributed by atoms with E-state index >= 15 is 0 Å². The molecule has 1 unspecified atom stereocenters. The average Bonchev–Trinajstić information content (AvgIpc) is 2.48. The van der Waals surface area contributed by atoms with Crippen molar-refractivity contribution >= 4 is 18.1 Å². The zero-order chi connectivity index (χ0) is 14.0. The van der Waals surface area contributed by atoms with Gasteiger partial charge < -0.3 is 21.5 Å². The molecule has 2 aliphatic rings. The maximum Gasteiger partial charge on any atom is 0.134 e. The Morgan fingerprint density at radius 2 is 2.15 bits per heavy atom. The van der Waals surface area contributed by atoms with Crippen molar-refractivity contribution in [1.29, 1.82) is 0 Å². The number of nitrogens with two attached hydrogens (primary N) is 2. The number of morpholine rings is 1. The van der Waals surface area contributed by atoms with Crippen LogP contribution in [0.3, 0.4) is 0 Å². The van der Waals surface area contributed by atoms with Crippen LogP contribution in [-0.2, 0) is 4.74 Å². The van der Waals surface area contributed by atoms with Crippen molar-refractivity contribution < 1.29 is 4.74 Å². The number of hydrogen-bond donors (Lipinski definition) is 3. The normalized spacial score (nSPS) is 26.1. The molecule has 3 rings (SSSR count). The Morgan fingerprint density at radius 1 is 1.35 bits per heavy atom. The standard InChI is InChI=1S/C13H20N6O/c14-12-10-7-13(15,18-8-11(10)16-9-17-12)1-2-19-3-5-20-6-4-19/h7-9,18H,1-6,15H2,(H2,14,16,17). The third kappa shape index (κ3) is 2.74. The minimum atomic E-state index is -0.607. The summed E-state index contributed by atoms with van der Waals surface area (Å²) in [5.74, 6) is 0.467. The van der Waals surface area contributed by atoms with Gasteiger partial charge in [-0.1, -0.05) is 0 Å². The molecule has 2 aliphatic heterocycles. The molecule has 1 saturated heterocycles. The van der Waals surface area contributed by atoms with Crippen LogP contribution in [0.25, 0.3) is 12.3 Å². The summed E-state index contributed by atoms with van der Waals surface area (Å²) >= 11 is 0. The van der Waals surface area contributed by atoms with E-state index in [2.05, 4.69) is 20.2 Å². The van der Waals surface area contributed by atoms with Crippen molar-refractivity contribution in [2.45, 2.75) is 12.1 Å². The van der Waals surface area contributed by atoms with E-state index in [0.29, 0.717) is 5.82 Å². The third-order valence-electron chi connectivity index (χ3n) is 3.77. The second kappa shape index (κ2) is 5.35. The number of nitrogen functional groups attached to an aromatic ring is 1. The number of anilines is 1. The molecule has 0 amide bonds. The predicted molar refractivity (Wildman–Crippen MR) is 76.6 cm³/mol. The fraction of sp³-hybridized carbons (Fsp3) is 0.538. The highest BCUT2D eigenvalue weighted by Gasteiger charge is 2.24. The summed E-state index contributed by atoms with van der Waals surface area (Å²) in [4.78, 5) is 10.5. The number of hydrogen-bond acceptors (Lipinski definition) is 7. The Balaban J connectivity index is 1.75. The van der Waals surface area contributed by atoms with Gasteiger partial charge >= 0.3 is 0 Å². The molecule has 1 atom stereocenters. The van der Waals surface area contributed by atoms with Gasteiger partial charge in [-0.3, -0.25) is 4.90 Å². The van der Waals surface area contributed by atoms with Gasteiger partial charge in [-0.2, -0.15) is 0 Å². The van der Waals surface area contributed by atoms with Crippen LogP contribution >= 0.6 is 0 Å². The summed E-state index contributed by atoms with van der Waals surface area (Å²) in [6.07, 6.45) is 5.99. The summed E-state index contributed by atoms with van der Waals surface area (Å²) in [5, 5.41) is 4.81. The molecule has 1 fully saturated rings. The molecule has 5 N–H and O–H groups in total. The molecule has 3 heterocycles. The Bertz CT molecular complexity index is 597. The Labute approximate surface area is 117 Å². The van der Waals surface area contributed by atoms with Gasteiger partial charge in [0.05, 0.1) is 18.6 Å². The Morgan fingerprint density at radius 3 is 2.95 bits per heavy atom. The lowest BCUT2D eigenvalue weighted by Gasteiger charge is -2.33. The van der Waals surface area contributed by atoms with E-state index in [9.17, 15) is 0 Å². The van der Waals surface area contributed by atoms with Gasteiger partial charge in [0.2, 0.25) is 0 Å². The molecular formula is C13H20N6O. The number of rotatable bonds is 3. The van der Waals surface area contributed by atoms with Crippen LogP contribution in [0.1, 0.15) is 6.42 Å². The average molecular weight is 276 g/mol. The molecule has 1 aromatic heterocycles. The van der Waals surface area contributed by atoms with Crippen LogP contribution < -0.4 is 27.4 Å². The second-order valence-corrected chi connectivity index (χ2v) is 5.24. The Kier molecular flexibility index (Phi) is 3.56. The number of nitrogens with zero attached hydrogens (tertiary/aromatic N) is 3. The monoisotopic (exact) mass is 276 g/mol. The fourth-order valence-corrected chi connectivity index (χ4v) is 2.50. The maximum absolute atomic E-state index is 6.39. The first kappa shape index (κ1) is 13.3. The molecule has 0 saturated carbocycles. The van der Waals surface area contributed by atoms with Gasteiger partial charge in [0.15, 0.2) is 0 Å². The zero-order valence-electron chi connectivity index (χ0n) is 11.4. The highest BCUT2D eigenvalue weighted by Crippen LogP contribution is 2.09. The van der Waals surface area contributed by atoms with Crippen LogP contribution in [0.2, 0.25) is 0 Å². The van der Waals surface area contributed by atoms with Crippen LogP contribution in [0.4, 0.5) is 5.82 Å². The van der Waals surface area contributed by atoms with Crippen molar-refractivity contribution in [3.63, 3.8) is 0 Å². The highest BCUT2D eigenvalue weighted by atomic mass is 16.5. The number of aromatic nitrogens is 2. The van der Waals surface area contributed by atoms with E-state index in [1.165, 1.54) is 6.33 Å². The van der Waals surface area contributed by atoms with Crippen LogP contribution in [0, 0.1) is 0 Å². The first-order valence-electron chi connectivity index (χ1n) is 6.83. The number of ether oxygens (including phenoxy) is 1. The van der Waals surface area contributed by atoms with E-state index in [-0.39, 0.29) is 0 Å². The molecule has 0 radical (unpaired) electrons. The molecule has 7 nitrogen and oxygen atoms in total. The maximum atomic E-state index is 6.39. The first-order valence-corrected chi connectivity index (χ1v) is 6.83. The number of nitrogens with one attached hydrogen (secondary N) is 1.